The number of rotatable bonds is 8. The van der Waals surface area contributed by atoms with Gasteiger partial charge in [0, 0.05) is 24.4 Å². The molecular formula is C18H22N6O2. The highest BCUT2D eigenvalue weighted by Crippen LogP contribution is 2.19. The third kappa shape index (κ3) is 4.34. The smallest absolute Gasteiger partial charge is 0.330 e. The van der Waals surface area contributed by atoms with Crippen LogP contribution in [0.3, 0.4) is 0 Å². The first kappa shape index (κ1) is 17.8. The van der Waals surface area contributed by atoms with Crippen LogP contribution in [0, 0.1) is 0 Å². The Hall–Kier alpha value is -3.00. The average molecular weight is 354 g/mol. The number of unbranched alkanes of at least 4 members (excludes halogenated alkanes) is 3. The molecule has 0 saturated heterocycles. The molecule has 136 valence electrons. The molecule has 3 aromatic rings. The molecule has 3 rings (SSSR count). The summed E-state index contributed by atoms with van der Waals surface area (Å²) in [5.41, 5.74) is 6.85. The summed E-state index contributed by atoms with van der Waals surface area (Å²) in [5.74, 6) is 0. The molecule has 2 heterocycles. The lowest BCUT2D eigenvalue weighted by atomic mass is 10.1. The Bertz CT molecular complexity index is 972. The van der Waals surface area contributed by atoms with Gasteiger partial charge in [-0.3, -0.25) is 19.0 Å². The van der Waals surface area contributed by atoms with Gasteiger partial charge in [-0.15, -0.1) is 5.10 Å². The van der Waals surface area contributed by atoms with Crippen molar-refractivity contribution in [3.05, 3.63) is 63.6 Å². The van der Waals surface area contributed by atoms with Crippen molar-refractivity contribution in [2.75, 3.05) is 6.54 Å². The van der Waals surface area contributed by atoms with E-state index < -0.39 is 11.2 Å². The van der Waals surface area contributed by atoms with E-state index in [-0.39, 0.29) is 0 Å². The van der Waals surface area contributed by atoms with Crippen molar-refractivity contribution < 1.29 is 0 Å². The summed E-state index contributed by atoms with van der Waals surface area (Å²) in [6, 6.07) is 8.71. The first-order valence-electron chi connectivity index (χ1n) is 8.70. The van der Waals surface area contributed by atoms with Crippen molar-refractivity contribution in [1.29, 1.82) is 0 Å². The fourth-order valence-corrected chi connectivity index (χ4v) is 2.75. The number of hydrogen-bond acceptors (Lipinski definition) is 5. The van der Waals surface area contributed by atoms with Gasteiger partial charge in [-0.05, 0) is 31.5 Å². The Morgan fingerprint density at radius 2 is 1.92 bits per heavy atom. The molecule has 0 unspecified atom stereocenters. The molecule has 0 saturated carbocycles. The molecule has 2 aromatic heterocycles. The van der Waals surface area contributed by atoms with E-state index in [9.17, 15) is 9.59 Å². The van der Waals surface area contributed by atoms with Crippen LogP contribution in [-0.4, -0.2) is 31.1 Å². The Labute approximate surface area is 150 Å². The second-order valence-electron chi connectivity index (χ2n) is 6.10. The molecule has 8 heteroatoms. The van der Waals surface area contributed by atoms with E-state index in [1.807, 2.05) is 29.1 Å². The second-order valence-corrected chi connectivity index (χ2v) is 6.10. The van der Waals surface area contributed by atoms with Gasteiger partial charge in [-0.25, -0.2) is 4.79 Å². The molecule has 3 N–H and O–H groups in total. The lowest BCUT2D eigenvalue weighted by molar-refractivity contribution is 0.524. The second kappa shape index (κ2) is 8.39. The molecule has 0 amide bonds. The number of nitrogens with zero attached hydrogens (tertiary/aromatic N) is 4. The SMILES string of the molecule is NCCCCCCn1cc(-c2cccc(-n3ccc(=O)[nH]c3=O)c2)nn1. The molecule has 0 aliphatic carbocycles. The molecule has 0 radical (unpaired) electrons. The fourth-order valence-electron chi connectivity index (χ4n) is 2.75. The van der Waals surface area contributed by atoms with Gasteiger partial charge in [0.15, 0.2) is 0 Å². The first-order chi connectivity index (χ1) is 12.7. The van der Waals surface area contributed by atoms with Crippen molar-refractivity contribution >= 4 is 0 Å². The van der Waals surface area contributed by atoms with E-state index in [1.54, 1.807) is 6.07 Å². The number of benzene rings is 1. The van der Waals surface area contributed by atoms with Gasteiger partial charge in [0.2, 0.25) is 0 Å². The third-order valence-corrected chi connectivity index (χ3v) is 4.12. The summed E-state index contributed by atoms with van der Waals surface area (Å²) in [5, 5.41) is 8.39. The Kier molecular flexibility index (Phi) is 5.75. The minimum atomic E-state index is -0.476. The third-order valence-electron chi connectivity index (χ3n) is 4.12. The normalized spacial score (nSPS) is 11.0. The number of H-pyrrole nitrogens is 1. The van der Waals surface area contributed by atoms with Crippen molar-refractivity contribution in [3.8, 4) is 16.9 Å². The molecule has 8 nitrogen and oxygen atoms in total. The zero-order valence-corrected chi connectivity index (χ0v) is 14.5. The van der Waals surface area contributed by atoms with Gasteiger partial charge in [0.05, 0.1) is 11.9 Å². The minimum absolute atomic E-state index is 0.420. The van der Waals surface area contributed by atoms with Gasteiger partial charge >= 0.3 is 5.69 Å². The van der Waals surface area contributed by atoms with Gasteiger partial charge in [0.25, 0.3) is 5.56 Å². The molecule has 0 aliphatic rings. The van der Waals surface area contributed by atoms with E-state index in [1.165, 1.54) is 16.8 Å². The van der Waals surface area contributed by atoms with Crippen LogP contribution in [0.1, 0.15) is 25.7 Å². The number of nitrogens with two attached hydrogens (primary N) is 1. The van der Waals surface area contributed by atoms with Gasteiger partial charge in [-0.1, -0.05) is 30.2 Å². The molecule has 1 aromatic carbocycles. The van der Waals surface area contributed by atoms with Crippen LogP contribution in [0.25, 0.3) is 16.9 Å². The van der Waals surface area contributed by atoms with E-state index in [4.69, 9.17) is 5.73 Å². The molecule has 0 fully saturated rings. The molecular weight excluding hydrogens is 332 g/mol. The minimum Gasteiger partial charge on any atom is -0.330 e. The molecule has 0 bridgehead atoms. The van der Waals surface area contributed by atoms with Crippen LogP contribution in [0.5, 0.6) is 0 Å². The summed E-state index contributed by atoms with van der Waals surface area (Å²) >= 11 is 0. The maximum Gasteiger partial charge on any atom is 0.332 e. The quantitative estimate of drug-likeness (QED) is 0.592. The van der Waals surface area contributed by atoms with Crippen molar-refractivity contribution in [1.82, 2.24) is 24.5 Å². The monoisotopic (exact) mass is 354 g/mol. The maximum absolute atomic E-state index is 12.0. The lowest BCUT2D eigenvalue weighted by Gasteiger charge is -2.05. The van der Waals surface area contributed by atoms with Crippen molar-refractivity contribution in [3.63, 3.8) is 0 Å². The van der Waals surface area contributed by atoms with Crippen molar-refractivity contribution in [2.24, 2.45) is 5.73 Å². The first-order valence-corrected chi connectivity index (χ1v) is 8.70. The fraction of sp³-hybridized carbons (Fsp3) is 0.333. The van der Waals surface area contributed by atoms with E-state index in [0.717, 1.165) is 50.0 Å². The summed E-state index contributed by atoms with van der Waals surface area (Å²) in [6.45, 7) is 1.55. The lowest BCUT2D eigenvalue weighted by Crippen LogP contribution is -2.27. The van der Waals surface area contributed by atoms with Gasteiger partial charge < -0.3 is 5.73 Å². The summed E-state index contributed by atoms with van der Waals surface area (Å²) in [6.07, 6.45) is 7.70. The van der Waals surface area contributed by atoms with E-state index in [2.05, 4.69) is 15.3 Å². The number of aromatic amines is 1. The van der Waals surface area contributed by atoms with Crippen LogP contribution in [-0.2, 0) is 6.54 Å². The summed E-state index contributed by atoms with van der Waals surface area (Å²) in [7, 11) is 0. The Morgan fingerprint density at radius 1 is 1.08 bits per heavy atom. The topological polar surface area (TPSA) is 112 Å². The number of nitrogens with one attached hydrogen (secondary N) is 1. The Morgan fingerprint density at radius 3 is 2.73 bits per heavy atom. The number of aromatic nitrogens is 5. The van der Waals surface area contributed by atoms with Gasteiger partial charge in [-0.2, -0.15) is 0 Å². The maximum atomic E-state index is 12.0. The molecule has 26 heavy (non-hydrogen) atoms. The summed E-state index contributed by atoms with van der Waals surface area (Å²) in [4.78, 5) is 25.4. The number of aryl methyl sites for hydroxylation is 1. The highest BCUT2D eigenvalue weighted by Gasteiger charge is 2.07. The average Bonchev–Trinajstić information content (AvgIpc) is 3.11. The molecule has 0 spiro atoms. The summed E-state index contributed by atoms with van der Waals surface area (Å²) < 4.78 is 3.21. The Balaban J connectivity index is 1.74. The van der Waals surface area contributed by atoms with Crippen LogP contribution in [0.15, 0.2) is 52.3 Å². The largest absolute Gasteiger partial charge is 0.332 e. The predicted molar refractivity (Wildman–Crippen MR) is 99.2 cm³/mol. The zero-order chi connectivity index (χ0) is 18.4. The molecule has 0 aliphatic heterocycles. The zero-order valence-electron chi connectivity index (χ0n) is 14.5. The van der Waals surface area contributed by atoms with Crippen LogP contribution < -0.4 is 17.0 Å². The van der Waals surface area contributed by atoms with Crippen LogP contribution in [0.2, 0.25) is 0 Å². The van der Waals surface area contributed by atoms with Gasteiger partial charge in [0.1, 0.15) is 5.69 Å². The van der Waals surface area contributed by atoms with Crippen LogP contribution in [0.4, 0.5) is 0 Å². The van der Waals surface area contributed by atoms with Crippen molar-refractivity contribution in [2.45, 2.75) is 32.2 Å². The predicted octanol–water partition coefficient (Wildman–Crippen LogP) is 1.30. The standard InChI is InChI=1S/C18H22N6O2/c19-9-3-1-2-4-10-23-13-16(21-22-23)14-6-5-7-15(12-14)24-11-8-17(25)20-18(24)26/h5-8,11-13H,1-4,9-10,19H2,(H,20,25,26). The van der Waals surface area contributed by atoms with E-state index >= 15 is 0 Å². The molecule has 0 atom stereocenters. The number of hydrogen-bond donors (Lipinski definition) is 2. The van der Waals surface area contributed by atoms with Crippen LogP contribution >= 0.6 is 0 Å². The highest BCUT2D eigenvalue weighted by molar-refractivity contribution is 5.61. The highest BCUT2D eigenvalue weighted by atomic mass is 16.2. The van der Waals surface area contributed by atoms with E-state index in [0.29, 0.717) is 5.69 Å².